The molecule has 2 heteroatoms. The average Bonchev–Trinajstić information content (AvgIpc) is 2.67. The van der Waals surface area contributed by atoms with E-state index in [0.29, 0.717) is 0 Å². The fraction of sp³-hybridized carbons (Fsp3) is 0.333. The van der Waals surface area contributed by atoms with E-state index in [1.54, 1.807) is 7.11 Å². The molecule has 1 aromatic carbocycles. The minimum absolute atomic E-state index is 0.860. The molecule has 0 aliphatic carbocycles. The Hall–Kier alpha value is -1.44. The molecule has 0 bridgehead atoms. The van der Waals surface area contributed by atoms with E-state index in [1.807, 2.05) is 12.1 Å². The summed E-state index contributed by atoms with van der Waals surface area (Å²) in [6, 6.07) is 4.19. The van der Waals surface area contributed by atoms with E-state index in [1.165, 1.54) is 16.8 Å². The Kier molecular flexibility index (Phi) is 2.44. The number of ether oxygens (including phenoxy) is 1. The van der Waals surface area contributed by atoms with Crippen LogP contribution >= 0.6 is 0 Å². The Morgan fingerprint density at radius 2 is 2.43 bits per heavy atom. The van der Waals surface area contributed by atoms with Crippen molar-refractivity contribution in [3.63, 3.8) is 0 Å². The summed E-state index contributed by atoms with van der Waals surface area (Å²) in [5.74, 6) is 0.957. The fourth-order valence-electron chi connectivity index (χ4n) is 1.97. The van der Waals surface area contributed by atoms with Crippen molar-refractivity contribution in [2.75, 3.05) is 19.0 Å². The lowest BCUT2D eigenvalue weighted by atomic mass is 10.0. The number of hydrogen-bond donors (Lipinski definition) is 1. The van der Waals surface area contributed by atoms with Crippen molar-refractivity contribution in [3.8, 4) is 5.75 Å². The van der Waals surface area contributed by atoms with Gasteiger partial charge in [-0.2, -0.15) is 0 Å². The second-order valence-electron chi connectivity index (χ2n) is 3.45. The van der Waals surface area contributed by atoms with Gasteiger partial charge in [0.1, 0.15) is 5.75 Å². The van der Waals surface area contributed by atoms with E-state index in [4.69, 9.17) is 4.74 Å². The minimum atomic E-state index is 0.860. The maximum Gasteiger partial charge on any atom is 0.124 e. The Morgan fingerprint density at radius 1 is 1.57 bits per heavy atom. The van der Waals surface area contributed by atoms with Gasteiger partial charge in [-0.05, 0) is 24.5 Å². The molecule has 2 nitrogen and oxygen atoms in total. The molecule has 0 unspecified atom stereocenters. The zero-order valence-electron chi connectivity index (χ0n) is 8.47. The number of benzene rings is 1. The number of hydrogen-bond acceptors (Lipinski definition) is 2. The first kappa shape index (κ1) is 9.13. The van der Waals surface area contributed by atoms with Gasteiger partial charge in [0, 0.05) is 17.8 Å². The molecule has 0 atom stereocenters. The molecule has 2 rings (SSSR count). The Balaban J connectivity index is 2.50. The van der Waals surface area contributed by atoms with Gasteiger partial charge in [0.15, 0.2) is 0 Å². The first-order valence-corrected chi connectivity index (χ1v) is 4.90. The molecule has 1 aliphatic heterocycles. The summed E-state index contributed by atoms with van der Waals surface area (Å²) < 4.78 is 5.34. The van der Waals surface area contributed by atoms with Crippen LogP contribution in [0.25, 0.3) is 0 Å². The molecule has 0 spiro atoms. The molecule has 1 aliphatic rings. The van der Waals surface area contributed by atoms with Crippen LogP contribution in [-0.4, -0.2) is 13.7 Å². The molecule has 74 valence electrons. The average molecular weight is 189 g/mol. The van der Waals surface area contributed by atoms with Crippen molar-refractivity contribution in [2.45, 2.75) is 12.8 Å². The van der Waals surface area contributed by atoms with E-state index in [-0.39, 0.29) is 0 Å². The third-order valence-electron chi connectivity index (χ3n) is 2.62. The lowest BCUT2D eigenvalue weighted by Crippen LogP contribution is -1.98. The lowest BCUT2D eigenvalue weighted by molar-refractivity contribution is 0.411. The Bertz CT molecular complexity index is 358. The zero-order chi connectivity index (χ0) is 9.97. The number of methoxy groups -OCH3 is 1. The highest BCUT2D eigenvalue weighted by molar-refractivity contribution is 5.66. The number of fused-ring (bicyclic) bond motifs is 1. The van der Waals surface area contributed by atoms with Crippen LogP contribution in [0.5, 0.6) is 5.75 Å². The molecule has 1 aromatic rings. The van der Waals surface area contributed by atoms with Crippen molar-refractivity contribution in [1.82, 2.24) is 0 Å². The molecular weight excluding hydrogens is 174 g/mol. The maximum atomic E-state index is 5.34. The first-order valence-electron chi connectivity index (χ1n) is 4.90. The fourth-order valence-corrected chi connectivity index (χ4v) is 1.97. The van der Waals surface area contributed by atoms with Crippen LogP contribution in [0.1, 0.15) is 11.1 Å². The maximum absolute atomic E-state index is 5.34. The monoisotopic (exact) mass is 189 g/mol. The SMILES string of the molecule is C=CCc1c(OC)ccc2c1NCC2. The Morgan fingerprint density at radius 3 is 3.14 bits per heavy atom. The van der Waals surface area contributed by atoms with Gasteiger partial charge in [-0.3, -0.25) is 0 Å². The van der Waals surface area contributed by atoms with Crippen molar-refractivity contribution in [1.29, 1.82) is 0 Å². The van der Waals surface area contributed by atoms with Gasteiger partial charge in [0.2, 0.25) is 0 Å². The third-order valence-corrected chi connectivity index (χ3v) is 2.62. The highest BCUT2D eigenvalue weighted by Crippen LogP contribution is 2.33. The van der Waals surface area contributed by atoms with Crippen molar-refractivity contribution in [3.05, 3.63) is 35.9 Å². The van der Waals surface area contributed by atoms with E-state index in [9.17, 15) is 0 Å². The summed E-state index contributed by atoms with van der Waals surface area (Å²) in [4.78, 5) is 0. The van der Waals surface area contributed by atoms with Crippen LogP contribution in [0.15, 0.2) is 24.8 Å². The second-order valence-corrected chi connectivity index (χ2v) is 3.45. The molecule has 1 heterocycles. The van der Waals surface area contributed by atoms with Gasteiger partial charge in [-0.15, -0.1) is 6.58 Å². The molecule has 0 amide bonds. The van der Waals surface area contributed by atoms with Crippen molar-refractivity contribution >= 4 is 5.69 Å². The molecule has 0 radical (unpaired) electrons. The summed E-state index contributed by atoms with van der Waals surface area (Å²) >= 11 is 0. The molecule has 0 saturated carbocycles. The van der Waals surface area contributed by atoms with Crippen molar-refractivity contribution < 1.29 is 4.74 Å². The summed E-state index contributed by atoms with van der Waals surface area (Å²) in [6.07, 6.45) is 3.89. The largest absolute Gasteiger partial charge is 0.496 e. The predicted octanol–water partition coefficient (Wildman–Crippen LogP) is 2.39. The van der Waals surface area contributed by atoms with Crippen LogP contribution in [0.2, 0.25) is 0 Å². The molecule has 1 N–H and O–H groups in total. The normalized spacial score (nSPS) is 13.2. The number of anilines is 1. The van der Waals surface area contributed by atoms with Gasteiger partial charge in [0.05, 0.1) is 7.11 Å². The van der Waals surface area contributed by atoms with Crippen LogP contribution in [0.4, 0.5) is 5.69 Å². The van der Waals surface area contributed by atoms with E-state index < -0.39 is 0 Å². The van der Waals surface area contributed by atoms with E-state index >= 15 is 0 Å². The molecule has 0 aromatic heterocycles. The molecule has 0 fully saturated rings. The van der Waals surface area contributed by atoms with Gasteiger partial charge in [0.25, 0.3) is 0 Å². The quantitative estimate of drug-likeness (QED) is 0.737. The first-order chi connectivity index (χ1) is 6.86. The van der Waals surface area contributed by atoms with Gasteiger partial charge >= 0.3 is 0 Å². The highest BCUT2D eigenvalue weighted by Gasteiger charge is 2.16. The second kappa shape index (κ2) is 3.74. The van der Waals surface area contributed by atoms with Gasteiger partial charge in [-0.25, -0.2) is 0 Å². The molecule has 14 heavy (non-hydrogen) atoms. The molecular formula is C12H15NO. The van der Waals surface area contributed by atoms with E-state index in [0.717, 1.165) is 25.1 Å². The minimum Gasteiger partial charge on any atom is -0.496 e. The highest BCUT2D eigenvalue weighted by atomic mass is 16.5. The Labute approximate surface area is 84.6 Å². The molecule has 0 saturated heterocycles. The summed E-state index contributed by atoms with van der Waals surface area (Å²) in [7, 11) is 1.71. The van der Waals surface area contributed by atoms with E-state index in [2.05, 4.69) is 18.0 Å². The van der Waals surface area contributed by atoms with Crippen LogP contribution in [0.3, 0.4) is 0 Å². The predicted molar refractivity (Wildman–Crippen MR) is 59.1 cm³/mol. The smallest absolute Gasteiger partial charge is 0.124 e. The number of nitrogens with one attached hydrogen (secondary N) is 1. The number of allylic oxidation sites excluding steroid dienone is 1. The van der Waals surface area contributed by atoms with Crippen LogP contribution < -0.4 is 10.1 Å². The zero-order valence-corrected chi connectivity index (χ0v) is 8.47. The van der Waals surface area contributed by atoms with Gasteiger partial charge < -0.3 is 10.1 Å². The third kappa shape index (κ3) is 1.37. The number of rotatable bonds is 3. The topological polar surface area (TPSA) is 21.3 Å². The van der Waals surface area contributed by atoms with Crippen LogP contribution in [0, 0.1) is 0 Å². The van der Waals surface area contributed by atoms with Gasteiger partial charge in [-0.1, -0.05) is 12.1 Å². The summed E-state index contributed by atoms with van der Waals surface area (Å²) in [6.45, 7) is 4.81. The standard InChI is InChI=1S/C12H15NO/c1-3-4-10-11(14-2)6-5-9-7-8-13-12(9)10/h3,5-6,13H,1,4,7-8H2,2H3. The lowest BCUT2D eigenvalue weighted by Gasteiger charge is -2.11. The van der Waals surface area contributed by atoms with Crippen LogP contribution in [-0.2, 0) is 12.8 Å². The van der Waals surface area contributed by atoms with Crippen molar-refractivity contribution in [2.24, 2.45) is 0 Å². The summed E-state index contributed by atoms with van der Waals surface area (Å²) in [5, 5.41) is 3.40. The summed E-state index contributed by atoms with van der Waals surface area (Å²) in [5.41, 5.74) is 3.88.